The molecule has 0 heterocycles. The predicted molar refractivity (Wildman–Crippen MR) is 115 cm³/mol. The van der Waals surface area contributed by atoms with E-state index in [1.54, 1.807) is 48.2 Å². The van der Waals surface area contributed by atoms with Crippen molar-refractivity contribution < 1.29 is 14.4 Å². The van der Waals surface area contributed by atoms with E-state index in [1.807, 2.05) is 25.1 Å². The summed E-state index contributed by atoms with van der Waals surface area (Å²) in [7, 11) is 0. The monoisotopic (exact) mass is 415 g/mol. The quantitative estimate of drug-likeness (QED) is 0.655. The average molecular weight is 416 g/mol. The number of para-hydroxylation sites is 1. The zero-order valence-corrected chi connectivity index (χ0v) is 17.4. The van der Waals surface area contributed by atoms with Crippen LogP contribution in [-0.4, -0.2) is 41.8 Å². The van der Waals surface area contributed by atoms with Gasteiger partial charge in [-0.1, -0.05) is 36.7 Å². The van der Waals surface area contributed by atoms with Gasteiger partial charge in [0.25, 0.3) is 5.91 Å². The summed E-state index contributed by atoms with van der Waals surface area (Å²) in [6.07, 6.45) is 0.841. The number of hydrogen-bond donors (Lipinski definition) is 2. The molecule has 2 rings (SSSR count). The van der Waals surface area contributed by atoms with Gasteiger partial charge in [-0.15, -0.1) is 0 Å². The van der Waals surface area contributed by atoms with Crippen LogP contribution in [0, 0.1) is 0 Å². The van der Waals surface area contributed by atoms with Gasteiger partial charge in [0.05, 0.1) is 0 Å². The molecule has 7 heteroatoms. The van der Waals surface area contributed by atoms with Gasteiger partial charge in [0, 0.05) is 35.8 Å². The van der Waals surface area contributed by atoms with E-state index in [0.717, 1.165) is 6.42 Å². The largest absolute Gasteiger partial charge is 0.352 e. The van der Waals surface area contributed by atoms with Gasteiger partial charge in [-0.05, 0) is 49.7 Å². The van der Waals surface area contributed by atoms with E-state index in [9.17, 15) is 14.4 Å². The first kappa shape index (κ1) is 22.4. The van der Waals surface area contributed by atoms with Crippen molar-refractivity contribution >= 4 is 35.0 Å². The van der Waals surface area contributed by atoms with Crippen molar-refractivity contribution in [2.45, 2.75) is 32.7 Å². The zero-order valence-electron chi connectivity index (χ0n) is 16.7. The molecule has 2 aromatic carbocycles. The number of anilines is 1. The molecule has 6 nitrogen and oxygen atoms in total. The maximum atomic E-state index is 12.7. The predicted octanol–water partition coefficient (Wildman–Crippen LogP) is 3.73. The number of benzene rings is 2. The van der Waals surface area contributed by atoms with Gasteiger partial charge in [-0.25, -0.2) is 0 Å². The minimum Gasteiger partial charge on any atom is -0.352 e. The van der Waals surface area contributed by atoms with Gasteiger partial charge < -0.3 is 15.5 Å². The highest BCUT2D eigenvalue weighted by molar-refractivity contribution is 6.30. The average Bonchev–Trinajstić information content (AvgIpc) is 2.72. The molecule has 0 aliphatic heterocycles. The lowest BCUT2D eigenvalue weighted by Gasteiger charge is -2.28. The molecule has 0 saturated heterocycles. The van der Waals surface area contributed by atoms with Crippen LogP contribution in [0.15, 0.2) is 54.6 Å². The third kappa shape index (κ3) is 6.91. The highest BCUT2D eigenvalue weighted by Crippen LogP contribution is 2.11. The Kier molecular flexibility index (Phi) is 8.68. The van der Waals surface area contributed by atoms with Crippen molar-refractivity contribution in [1.82, 2.24) is 10.2 Å². The van der Waals surface area contributed by atoms with E-state index in [-0.39, 0.29) is 30.7 Å². The molecule has 0 aromatic heterocycles. The van der Waals surface area contributed by atoms with Crippen LogP contribution in [-0.2, 0) is 9.59 Å². The number of rotatable bonds is 9. The lowest BCUT2D eigenvalue weighted by Crippen LogP contribution is -2.46. The number of nitrogens with one attached hydrogen (secondary N) is 2. The van der Waals surface area contributed by atoms with Gasteiger partial charge in [-0.3, -0.25) is 14.4 Å². The van der Waals surface area contributed by atoms with Crippen LogP contribution in [0.3, 0.4) is 0 Å². The molecule has 0 spiro atoms. The first-order chi connectivity index (χ1) is 13.9. The SMILES string of the molecule is CCCN(C(=O)CCNC(=O)c1ccc(Cl)cc1)C(C)C(=O)Nc1ccccc1. The number of halogens is 1. The second-order valence-corrected chi connectivity index (χ2v) is 7.07. The maximum absolute atomic E-state index is 12.7. The van der Waals surface area contributed by atoms with Crippen LogP contribution < -0.4 is 10.6 Å². The lowest BCUT2D eigenvalue weighted by molar-refractivity contribution is -0.138. The molecule has 0 radical (unpaired) electrons. The molecule has 154 valence electrons. The number of amides is 3. The number of nitrogens with zero attached hydrogens (tertiary/aromatic N) is 1. The molecular weight excluding hydrogens is 390 g/mol. The summed E-state index contributed by atoms with van der Waals surface area (Å²) in [5, 5.41) is 6.10. The fourth-order valence-corrected chi connectivity index (χ4v) is 2.94. The van der Waals surface area contributed by atoms with E-state index in [2.05, 4.69) is 10.6 Å². The molecule has 0 fully saturated rings. The normalized spacial score (nSPS) is 11.4. The smallest absolute Gasteiger partial charge is 0.251 e. The summed E-state index contributed by atoms with van der Waals surface area (Å²) < 4.78 is 0. The van der Waals surface area contributed by atoms with E-state index >= 15 is 0 Å². The summed E-state index contributed by atoms with van der Waals surface area (Å²) in [6, 6.07) is 15.0. The highest BCUT2D eigenvalue weighted by Gasteiger charge is 2.25. The van der Waals surface area contributed by atoms with Gasteiger partial charge >= 0.3 is 0 Å². The molecule has 2 aromatic rings. The summed E-state index contributed by atoms with van der Waals surface area (Å²) >= 11 is 5.82. The van der Waals surface area contributed by atoms with E-state index in [4.69, 9.17) is 11.6 Å². The molecule has 0 bridgehead atoms. The summed E-state index contributed by atoms with van der Waals surface area (Å²) in [4.78, 5) is 38.9. The van der Waals surface area contributed by atoms with Gasteiger partial charge in [0.15, 0.2) is 0 Å². The Bertz CT molecular complexity index is 825. The molecule has 29 heavy (non-hydrogen) atoms. The fourth-order valence-electron chi connectivity index (χ4n) is 2.81. The van der Waals surface area contributed by atoms with Crippen molar-refractivity contribution in [1.29, 1.82) is 0 Å². The molecule has 2 N–H and O–H groups in total. The van der Waals surface area contributed by atoms with Crippen LogP contribution in [0.5, 0.6) is 0 Å². The lowest BCUT2D eigenvalue weighted by atomic mass is 10.2. The number of hydrogen-bond acceptors (Lipinski definition) is 3. The Morgan fingerprint density at radius 3 is 2.31 bits per heavy atom. The minimum absolute atomic E-state index is 0.113. The summed E-state index contributed by atoms with van der Waals surface area (Å²) in [5.41, 5.74) is 1.16. The molecule has 1 unspecified atom stereocenters. The third-order valence-electron chi connectivity index (χ3n) is 4.40. The van der Waals surface area contributed by atoms with Gasteiger partial charge in [0.2, 0.25) is 11.8 Å². The first-order valence-electron chi connectivity index (χ1n) is 9.61. The van der Waals surface area contributed by atoms with E-state index in [1.165, 1.54) is 0 Å². The molecule has 0 aliphatic carbocycles. The Hall–Kier alpha value is -2.86. The highest BCUT2D eigenvalue weighted by atomic mass is 35.5. The standard InChI is InChI=1S/C22H26ClN3O3/c1-3-15-26(16(2)21(28)25-19-7-5-4-6-8-19)20(27)13-14-24-22(29)17-9-11-18(23)12-10-17/h4-12,16H,3,13-15H2,1-2H3,(H,24,29)(H,25,28). The second kappa shape index (κ2) is 11.2. The van der Waals surface area contributed by atoms with E-state index in [0.29, 0.717) is 22.8 Å². The van der Waals surface area contributed by atoms with Gasteiger partial charge in [0.1, 0.15) is 6.04 Å². The Balaban J connectivity index is 1.89. The Morgan fingerprint density at radius 2 is 1.69 bits per heavy atom. The Labute approximate surface area is 176 Å². The molecule has 3 amide bonds. The molecule has 1 atom stereocenters. The summed E-state index contributed by atoms with van der Waals surface area (Å²) in [6.45, 7) is 4.31. The minimum atomic E-state index is -0.616. The summed E-state index contributed by atoms with van der Waals surface area (Å²) in [5.74, 6) is -0.700. The fraction of sp³-hybridized carbons (Fsp3) is 0.318. The van der Waals surface area contributed by atoms with Crippen LogP contribution in [0.1, 0.15) is 37.0 Å². The number of carbonyl (C=O) groups is 3. The van der Waals surface area contributed by atoms with Crippen LogP contribution in [0.2, 0.25) is 5.02 Å². The molecular formula is C22H26ClN3O3. The molecule has 0 saturated carbocycles. The Morgan fingerprint density at radius 1 is 1.03 bits per heavy atom. The maximum Gasteiger partial charge on any atom is 0.251 e. The van der Waals surface area contributed by atoms with Gasteiger partial charge in [-0.2, -0.15) is 0 Å². The topological polar surface area (TPSA) is 78.5 Å². The van der Waals surface area contributed by atoms with Crippen LogP contribution in [0.4, 0.5) is 5.69 Å². The number of carbonyl (C=O) groups excluding carboxylic acids is 3. The van der Waals surface area contributed by atoms with Crippen molar-refractivity contribution in [3.63, 3.8) is 0 Å². The molecule has 0 aliphatic rings. The van der Waals surface area contributed by atoms with E-state index < -0.39 is 6.04 Å². The van der Waals surface area contributed by atoms with Crippen molar-refractivity contribution in [2.24, 2.45) is 0 Å². The first-order valence-corrected chi connectivity index (χ1v) is 9.99. The third-order valence-corrected chi connectivity index (χ3v) is 4.66. The van der Waals surface area contributed by atoms with Crippen molar-refractivity contribution in [3.05, 3.63) is 65.2 Å². The van der Waals surface area contributed by atoms with Crippen LogP contribution in [0.25, 0.3) is 0 Å². The second-order valence-electron chi connectivity index (χ2n) is 6.63. The van der Waals surface area contributed by atoms with Crippen LogP contribution >= 0.6 is 11.6 Å². The van der Waals surface area contributed by atoms with Crippen molar-refractivity contribution in [3.8, 4) is 0 Å². The van der Waals surface area contributed by atoms with Crippen molar-refractivity contribution in [2.75, 3.05) is 18.4 Å². The zero-order chi connectivity index (χ0) is 21.2.